The van der Waals surface area contributed by atoms with Crippen molar-refractivity contribution < 1.29 is 69.1 Å². The van der Waals surface area contributed by atoms with Crippen molar-refractivity contribution in [2.45, 2.75) is 13.3 Å². The van der Waals surface area contributed by atoms with Gasteiger partial charge in [0.05, 0.1) is 10.1 Å². The standard InChI is InChI=1S/C6H10O4S.K/c1-5(2)6(7)3-4-11(8,9)10;/h1,3-4H2,2H3,(H,8,9,10);/q;+1/p-1. The summed E-state index contributed by atoms with van der Waals surface area (Å²) in [5, 5.41) is 0. The van der Waals surface area contributed by atoms with Crippen molar-refractivity contribution in [2.75, 3.05) is 5.75 Å². The van der Waals surface area contributed by atoms with Gasteiger partial charge in [0.15, 0.2) is 5.78 Å². The maximum Gasteiger partial charge on any atom is 1.00 e. The smallest absolute Gasteiger partial charge is 0.748 e. The average molecular weight is 216 g/mol. The molecule has 0 aliphatic heterocycles. The molecule has 0 aromatic carbocycles. The molecule has 4 nitrogen and oxygen atoms in total. The second kappa shape index (κ2) is 6.42. The van der Waals surface area contributed by atoms with Crippen LogP contribution < -0.4 is 51.4 Å². The molecule has 0 heterocycles. The fraction of sp³-hybridized carbons (Fsp3) is 0.500. The molecule has 0 aromatic rings. The minimum absolute atomic E-state index is 0. The van der Waals surface area contributed by atoms with Crippen molar-refractivity contribution in [1.82, 2.24) is 0 Å². The molecule has 0 aromatic heterocycles. The molecule has 64 valence electrons. The van der Waals surface area contributed by atoms with Crippen molar-refractivity contribution in [3.05, 3.63) is 12.2 Å². The maximum atomic E-state index is 10.7. The molecule has 0 aliphatic rings. The number of allylic oxidation sites excluding steroid dienone is 1. The van der Waals surface area contributed by atoms with Crippen LogP contribution in [0.3, 0.4) is 0 Å². The summed E-state index contributed by atoms with van der Waals surface area (Å²) in [6.07, 6.45) is -0.263. The van der Waals surface area contributed by atoms with E-state index in [0.717, 1.165) is 0 Å². The molecule has 0 bridgehead atoms. The number of hydrogen-bond acceptors (Lipinski definition) is 4. The molecule has 0 saturated carbocycles. The van der Waals surface area contributed by atoms with E-state index >= 15 is 0 Å². The van der Waals surface area contributed by atoms with Crippen LogP contribution in [-0.4, -0.2) is 24.5 Å². The Labute approximate surface area is 115 Å². The van der Waals surface area contributed by atoms with Crippen molar-refractivity contribution >= 4 is 15.9 Å². The summed E-state index contributed by atoms with van der Waals surface area (Å²) in [5.41, 5.74) is 0.272. The quantitative estimate of drug-likeness (QED) is 0.286. The first-order valence-corrected chi connectivity index (χ1v) is 4.53. The van der Waals surface area contributed by atoms with E-state index in [0.29, 0.717) is 0 Å². The molecule has 0 amide bonds. The summed E-state index contributed by atoms with van der Waals surface area (Å²) in [6, 6.07) is 0. The predicted molar refractivity (Wildman–Crippen MR) is 39.0 cm³/mol. The van der Waals surface area contributed by atoms with Crippen LogP contribution in [0, 0.1) is 0 Å². The summed E-state index contributed by atoms with van der Waals surface area (Å²) in [4.78, 5) is 10.7. The van der Waals surface area contributed by atoms with Gasteiger partial charge in [-0.05, 0) is 12.5 Å². The second-order valence-corrected chi connectivity index (χ2v) is 3.74. The van der Waals surface area contributed by atoms with E-state index in [1.807, 2.05) is 0 Å². The van der Waals surface area contributed by atoms with E-state index in [9.17, 15) is 17.8 Å². The van der Waals surface area contributed by atoms with Gasteiger partial charge < -0.3 is 4.55 Å². The van der Waals surface area contributed by atoms with Crippen LogP contribution in [0.1, 0.15) is 13.3 Å². The number of Topliss-reactive ketones (excluding diaryl/α,β-unsaturated/α-hetero) is 1. The summed E-state index contributed by atoms with van der Waals surface area (Å²) < 4.78 is 30.1. The molecule has 0 saturated heterocycles. The molecule has 0 unspecified atom stereocenters. The van der Waals surface area contributed by atoms with Gasteiger partial charge >= 0.3 is 51.4 Å². The van der Waals surface area contributed by atoms with Gasteiger partial charge in [0.2, 0.25) is 0 Å². The number of rotatable bonds is 4. The predicted octanol–water partition coefficient (Wildman–Crippen LogP) is -2.93. The normalized spacial score (nSPS) is 10.2. The van der Waals surface area contributed by atoms with Crippen LogP contribution in [-0.2, 0) is 14.9 Å². The molecule has 0 rings (SSSR count). The minimum Gasteiger partial charge on any atom is -0.748 e. The Balaban J connectivity index is 0. The van der Waals surface area contributed by atoms with Gasteiger partial charge in [0.1, 0.15) is 0 Å². The summed E-state index contributed by atoms with van der Waals surface area (Å²) in [6.45, 7) is 4.78. The van der Waals surface area contributed by atoms with Crippen LogP contribution in [0.2, 0.25) is 0 Å². The van der Waals surface area contributed by atoms with E-state index in [2.05, 4.69) is 6.58 Å². The summed E-state index contributed by atoms with van der Waals surface area (Å²) in [7, 11) is -4.26. The van der Waals surface area contributed by atoms with Crippen LogP contribution in [0.15, 0.2) is 12.2 Å². The van der Waals surface area contributed by atoms with Gasteiger partial charge in [-0.1, -0.05) is 6.58 Å². The first kappa shape index (κ1) is 15.4. The van der Waals surface area contributed by atoms with Crippen molar-refractivity contribution in [1.29, 1.82) is 0 Å². The Bertz CT molecular complexity index is 267. The van der Waals surface area contributed by atoms with E-state index in [1.165, 1.54) is 6.92 Å². The fourth-order valence-electron chi connectivity index (χ4n) is 0.431. The zero-order valence-corrected chi connectivity index (χ0v) is 11.1. The van der Waals surface area contributed by atoms with Gasteiger partial charge in [-0.15, -0.1) is 0 Å². The van der Waals surface area contributed by atoms with Crippen molar-refractivity contribution in [3.8, 4) is 0 Å². The number of hydrogen-bond donors (Lipinski definition) is 0. The Morgan fingerprint density at radius 1 is 1.50 bits per heavy atom. The SMILES string of the molecule is C=C(C)C(=O)CCS(=O)(=O)[O-].[K+]. The first-order valence-electron chi connectivity index (χ1n) is 2.95. The van der Waals surface area contributed by atoms with Crippen LogP contribution in [0.5, 0.6) is 0 Å². The zero-order chi connectivity index (χ0) is 9.07. The third-order valence-electron chi connectivity index (χ3n) is 1.06. The molecule has 0 fully saturated rings. The van der Waals surface area contributed by atoms with Gasteiger partial charge in [0.25, 0.3) is 0 Å². The number of carbonyl (C=O) groups is 1. The third kappa shape index (κ3) is 9.05. The average Bonchev–Trinajstić information content (AvgIpc) is 1.80. The Kier molecular flexibility index (Phi) is 8.25. The molecule has 12 heavy (non-hydrogen) atoms. The molecule has 0 radical (unpaired) electrons. The first-order chi connectivity index (χ1) is 4.83. The second-order valence-electron chi connectivity index (χ2n) is 2.22. The summed E-state index contributed by atoms with van der Waals surface area (Å²) >= 11 is 0. The van der Waals surface area contributed by atoms with Crippen LogP contribution in [0.4, 0.5) is 0 Å². The van der Waals surface area contributed by atoms with E-state index < -0.39 is 15.9 Å². The van der Waals surface area contributed by atoms with Crippen molar-refractivity contribution in [3.63, 3.8) is 0 Å². The van der Waals surface area contributed by atoms with E-state index in [4.69, 9.17) is 0 Å². The minimum atomic E-state index is -4.26. The third-order valence-corrected chi connectivity index (χ3v) is 1.76. The Morgan fingerprint density at radius 2 is 1.92 bits per heavy atom. The fourth-order valence-corrected chi connectivity index (χ4v) is 0.866. The topological polar surface area (TPSA) is 74.3 Å². The largest absolute Gasteiger partial charge is 1.00 e. The monoisotopic (exact) mass is 216 g/mol. The zero-order valence-electron chi connectivity index (χ0n) is 7.16. The van der Waals surface area contributed by atoms with E-state index in [-0.39, 0.29) is 69.2 Å². The Hall–Kier alpha value is 0.956. The molecular formula is C6H9KO4S. The molecule has 0 N–H and O–H groups in total. The Morgan fingerprint density at radius 3 is 2.17 bits per heavy atom. The molecule has 0 atom stereocenters. The van der Waals surface area contributed by atoms with Crippen LogP contribution >= 0.6 is 0 Å². The molecule has 0 spiro atoms. The van der Waals surface area contributed by atoms with Crippen molar-refractivity contribution in [2.24, 2.45) is 0 Å². The number of carbonyl (C=O) groups excluding carboxylic acids is 1. The van der Waals surface area contributed by atoms with Crippen LogP contribution in [0.25, 0.3) is 0 Å². The maximum absolute atomic E-state index is 10.7. The van der Waals surface area contributed by atoms with Gasteiger partial charge in [-0.25, -0.2) is 8.42 Å². The van der Waals surface area contributed by atoms with Gasteiger partial charge in [0, 0.05) is 12.2 Å². The van der Waals surface area contributed by atoms with Gasteiger partial charge in [-0.3, -0.25) is 4.79 Å². The molecule has 0 aliphatic carbocycles. The van der Waals surface area contributed by atoms with Gasteiger partial charge in [-0.2, -0.15) is 0 Å². The van der Waals surface area contributed by atoms with E-state index in [1.54, 1.807) is 0 Å². The number of ketones is 1. The summed E-state index contributed by atoms with van der Waals surface area (Å²) in [5.74, 6) is -1.02. The molecular weight excluding hydrogens is 207 g/mol. The molecule has 6 heteroatoms.